The summed E-state index contributed by atoms with van der Waals surface area (Å²) in [5.41, 5.74) is 2.89. The van der Waals surface area contributed by atoms with Crippen LogP contribution in [-0.2, 0) is 6.54 Å². The molecule has 5 heteroatoms. The lowest BCUT2D eigenvalue weighted by atomic mass is 9.97. The van der Waals surface area contributed by atoms with Crippen LogP contribution in [0, 0.1) is 6.92 Å². The minimum Gasteiger partial charge on any atom is -0.507 e. The highest BCUT2D eigenvalue weighted by Gasteiger charge is 2.22. The largest absolute Gasteiger partial charge is 0.507 e. The molecular formula is C23H26BrNO3. The minimum absolute atomic E-state index is 0.0351. The summed E-state index contributed by atoms with van der Waals surface area (Å²) >= 11 is 3.40. The van der Waals surface area contributed by atoms with E-state index in [2.05, 4.69) is 20.8 Å². The molecule has 0 amide bonds. The van der Waals surface area contributed by atoms with Crippen LogP contribution in [0.3, 0.4) is 0 Å². The van der Waals surface area contributed by atoms with Crippen molar-refractivity contribution >= 4 is 27.8 Å². The third-order valence-electron chi connectivity index (χ3n) is 5.19. The molecule has 4 nitrogen and oxygen atoms in total. The number of ether oxygens (including phenoxy) is 1. The van der Waals surface area contributed by atoms with Gasteiger partial charge in [-0.2, -0.15) is 0 Å². The van der Waals surface area contributed by atoms with Gasteiger partial charge in [-0.25, -0.2) is 0 Å². The quantitative estimate of drug-likeness (QED) is 0.482. The summed E-state index contributed by atoms with van der Waals surface area (Å²) in [6, 6.07) is 9.53. The van der Waals surface area contributed by atoms with E-state index in [1.54, 1.807) is 6.08 Å². The van der Waals surface area contributed by atoms with Gasteiger partial charge in [0.2, 0.25) is 0 Å². The molecule has 2 aromatic carbocycles. The number of allylic oxidation sites excluding steroid dienone is 1. The molecule has 1 saturated heterocycles. The number of halogens is 1. The third kappa shape index (κ3) is 4.83. The average molecular weight is 444 g/mol. The second kappa shape index (κ2) is 9.39. The number of carbonyl (C=O) groups excluding carboxylic acids is 1. The van der Waals surface area contributed by atoms with Crippen molar-refractivity contribution in [2.24, 2.45) is 0 Å². The Balaban J connectivity index is 1.90. The first-order chi connectivity index (χ1) is 13.5. The number of piperidine rings is 1. The first kappa shape index (κ1) is 20.6. The molecule has 148 valence electrons. The number of hydrogen-bond donors (Lipinski definition) is 1. The van der Waals surface area contributed by atoms with Gasteiger partial charge in [0, 0.05) is 16.6 Å². The maximum Gasteiger partial charge on any atom is 0.193 e. The Hall–Kier alpha value is -2.11. The van der Waals surface area contributed by atoms with Crippen molar-refractivity contribution in [3.05, 3.63) is 63.1 Å². The van der Waals surface area contributed by atoms with Crippen molar-refractivity contribution in [3.8, 4) is 11.5 Å². The highest BCUT2D eigenvalue weighted by atomic mass is 79.9. The fourth-order valence-corrected chi connectivity index (χ4v) is 3.84. The van der Waals surface area contributed by atoms with Crippen molar-refractivity contribution in [2.45, 2.75) is 32.7 Å². The van der Waals surface area contributed by atoms with Crippen LogP contribution in [0.25, 0.3) is 6.08 Å². The van der Waals surface area contributed by atoms with Gasteiger partial charge in [0.05, 0.1) is 7.11 Å². The lowest BCUT2D eigenvalue weighted by Gasteiger charge is -2.28. The number of phenolic OH excluding ortho intramolecular Hbond substituents is 1. The summed E-state index contributed by atoms with van der Waals surface area (Å²) in [7, 11) is 1.52. The Labute approximate surface area is 175 Å². The molecule has 1 aliphatic rings. The number of likely N-dealkylation sites (tertiary alicyclic amines) is 1. The van der Waals surface area contributed by atoms with Gasteiger partial charge in [-0.3, -0.25) is 9.69 Å². The molecular weight excluding hydrogens is 418 g/mol. The number of aromatic hydroxyl groups is 1. The second-order valence-electron chi connectivity index (χ2n) is 7.18. The summed E-state index contributed by atoms with van der Waals surface area (Å²) in [6.07, 6.45) is 6.85. The van der Waals surface area contributed by atoms with Gasteiger partial charge in [0.25, 0.3) is 0 Å². The topological polar surface area (TPSA) is 49.8 Å². The van der Waals surface area contributed by atoms with Crippen LogP contribution in [0.15, 0.2) is 40.9 Å². The van der Waals surface area contributed by atoms with Gasteiger partial charge in [0.1, 0.15) is 17.1 Å². The van der Waals surface area contributed by atoms with Gasteiger partial charge in [-0.15, -0.1) is 0 Å². The van der Waals surface area contributed by atoms with Gasteiger partial charge in [-0.1, -0.05) is 40.6 Å². The lowest BCUT2D eigenvalue weighted by molar-refractivity contribution is 0.104. The van der Waals surface area contributed by atoms with E-state index in [9.17, 15) is 9.90 Å². The van der Waals surface area contributed by atoms with E-state index in [0.29, 0.717) is 12.3 Å². The molecule has 1 N–H and O–H groups in total. The van der Waals surface area contributed by atoms with Crippen molar-refractivity contribution in [1.29, 1.82) is 0 Å². The monoisotopic (exact) mass is 443 g/mol. The van der Waals surface area contributed by atoms with Crippen LogP contribution in [0.5, 0.6) is 11.5 Å². The molecule has 0 radical (unpaired) electrons. The molecule has 2 aromatic rings. The maximum atomic E-state index is 12.9. The summed E-state index contributed by atoms with van der Waals surface area (Å²) in [5, 5.41) is 10.9. The van der Waals surface area contributed by atoms with E-state index in [0.717, 1.165) is 34.3 Å². The normalized spacial score (nSPS) is 15.1. The summed E-state index contributed by atoms with van der Waals surface area (Å²) in [5.74, 6) is 0.174. The van der Waals surface area contributed by atoms with Gasteiger partial charge >= 0.3 is 0 Å². The molecule has 28 heavy (non-hydrogen) atoms. The Morgan fingerprint density at radius 3 is 2.54 bits per heavy atom. The molecule has 1 heterocycles. The van der Waals surface area contributed by atoms with E-state index in [1.807, 2.05) is 37.3 Å². The molecule has 0 atom stereocenters. The minimum atomic E-state index is -0.267. The molecule has 0 aromatic heterocycles. The Morgan fingerprint density at radius 2 is 1.89 bits per heavy atom. The molecule has 0 bridgehead atoms. The zero-order valence-corrected chi connectivity index (χ0v) is 18.0. The van der Waals surface area contributed by atoms with Crippen molar-refractivity contribution in [2.75, 3.05) is 20.2 Å². The zero-order chi connectivity index (χ0) is 20.1. The fraction of sp³-hybridized carbons (Fsp3) is 0.348. The molecule has 1 fully saturated rings. The van der Waals surface area contributed by atoms with Crippen LogP contribution < -0.4 is 4.74 Å². The summed E-state index contributed by atoms with van der Waals surface area (Å²) in [6.45, 7) is 4.65. The van der Waals surface area contributed by atoms with Gasteiger partial charge in [-0.05, 0) is 68.3 Å². The molecule has 0 unspecified atom stereocenters. The molecule has 3 rings (SSSR count). The number of hydrogen-bond acceptors (Lipinski definition) is 4. The first-order valence-electron chi connectivity index (χ1n) is 9.59. The smallest absolute Gasteiger partial charge is 0.193 e. The third-order valence-corrected chi connectivity index (χ3v) is 5.72. The predicted octanol–water partition coefficient (Wildman–Crippen LogP) is 5.35. The number of rotatable bonds is 6. The van der Waals surface area contributed by atoms with Crippen LogP contribution >= 0.6 is 15.9 Å². The average Bonchev–Trinajstić information content (AvgIpc) is 2.70. The van der Waals surface area contributed by atoms with Crippen molar-refractivity contribution in [3.63, 3.8) is 0 Å². The Bertz CT molecular complexity index is 868. The van der Waals surface area contributed by atoms with Crippen molar-refractivity contribution < 1.29 is 14.6 Å². The predicted molar refractivity (Wildman–Crippen MR) is 116 cm³/mol. The standard InChI is InChI=1S/C23H26BrNO3/c1-16-14-21(28-2)22(20(26)11-8-17-6-9-18(24)10-7-17)23(27)19(16)15-25-12-4-3-5-13-25/h6-11,14,27H,3-5,12-13,15H2,1-2H3/b11-8+. The second-order valence-corrected chi connectivity index (χ2v) is 8.10. The first-order valence-corrected chi connectivity index (χ1v) is 10.4. The van der Waals surface area contributed by atoms with E-state index < -0.39 is 0 Å². The fourth-order valence-electron chi connectivity index (χ4n) is 3.58. The highest BCUT2D eigenvalue weighted by Crippen LogP contribution is 2.36. The Morgan fingerprint density at radius 1 is 1.21 bits per heavy atom. The number of nitrogens with zero attached hydrogens (tertiary/aromatic N) is 1. The van der Waals surface area contributed by atoms with Crippen LogP contribution in [-0.4, -0.2) is 36.0 Å². The van der Waals surface area contributed by atoms with Crippen LogP contribution in [0.4, 0.5) is 0 Å². The molecule has 0 aliphatic carbocycles. The number of methoxy groups -OCH3 is 1. The van der Waals surface area contributed by atoms with Crippen molar-refractivity contribution in [1.82, 2.24) is 4.90 Å². The number of aryl methyl sites for hydroxylation is 1. The van der Waals surface area contributed by atoms with E-state index in [1.165, 1.54) is 32.4 Å². The lowest BCUT2D eigenvalue weighted by Crippen LogP contribution is -2.29. The van der Waals surface area contributed by atoms with Gasteiger partial charge in [0.15, 0.2) is 5.78 Å². The molecule has 0 saturated carbocycles. The maximum absolute atomic E-state index is 12.9. The number of carbonyl (C=O) groups is 1. The summed E-state index contributed by atoms with van der Waals surface area (Å²) < 4.78 is 6.39. The van der Waals surface area contributed by atoms with Gasteiger partial charge < -0.3 is 9.84 Å². The molecule has 1 aliphatic heterocycles. The SMILES string of the molecule is COc1cc(C)c(CN2CCCCC2)c(O)c1C(=O)/C=C/c1ccc(Br)cc1. The van der Waals surface area contributed by atoms with Crippen LogP contribution in [0.1, 0.15) is 46.3 Å². The van der Waals surface area contributed by atoms with E-state index in [-0.39, 0.29) is 17.1 Å². The molecule has 0 spiro atoms. The Kier molecular flexibility index (Phi) is 6.92. The summed E-state index contributed by atoms with van der Waals surface area (Å²) in [4.78, 5) is 15.2. The van der Waals surface area contributed by atoms with Crippen LogP contribution in [0.2, 0.25) is 0 Å². The zero-order valence-electron chi connectivity index (χ0n) is 16.4. The highest BCUT2D eigenvalue weighted by molar-refractivity contribution is 9.10. The number of benzene rings is 2. The number of ketones is 1. The van der Waals surface area contributed by atoms with E-state index in [4.69, 9.17) is 4.74 Å². The number of phenols is 1. The van der Waals surface area contributed by atoms with E-state index >= 15 is 0 Å².